The van der Waals surface area contributed by atoms with Gasteiger partial charge in [-0.25, -0.2) is 0 Å². The number of nitrogens with zero attached hydrogens (tertiary/aromatic N) is 6. The van der Waals surface area contributed by atoms with Crippen molar-refractivity contribution in [3.63, 3.8) is 0 Å². The first kappa shape index (κ1) is 19.3. The molecule has 0 saturated carbocycles. The van der Waals surface area contributed by atoms with Crippen LogP contribution in [0, 0.1) is 0 Å². The van der Waals surface area contributed by atoms with Gasteiger partial charge in [-0.3, -0.25) is 4.57 Å². The number of aromatic nitrogens is 5. The number of morpholine rings is 1. The van der Waals surface area contributed by atoms with E-state index in [0.29, 0.717) is 37.2 Å². The molecular weight excluding hydrogens is 420 g/mol. The molecule has 0 unspecified atom stereocenters. The Bertz CT molecular complexity index is 1070. The highest BCUT2D eigenvalue weighted by molar-refractivity contribution is 7.98. The summed E-state index contributed by atoms with van der Waals surface area (Å²) < 4.78 is 13.1. The summed E-state index contributed by atoms with van der Waals surface area (Å²) in [7, 11) is 0. The SMILES string of the molecule is c1ccc(Cn2c(SCc3nc(-c4ccsc4)no3)nnc2N2CCOCC2)cc1. The van der Waals surface area contributed by atoms with Crippen LogP contribution in [-0.4, -0.2) is 51.2 Å². The third-order valence-electron chi connectivity index (χ3n) is 4.75. The van der Waals surface area contributed by atoms with Crippen LogP contribution in [0.25, 0.3) is 11.4 Å². The fourth-order valence-corrected chi connectivity index (χ4v) is 4.64. The van der Waals surface area contributed by atoms with Gasteiger partial charge in [0.05, 0.1) is 25.5 Å². The van der Waals surface area contributed by atoms with Crippen LogP contribution in [0.3, 0.4) is 0 Å². The highest BCUT2D eigenvalue weighted by Gasteiger charge is 2.21. The molecule has 0 amide bonds. The molecule has 3 aromatic heterocycles. The van der Waals surface area contributed by atoms with Crippen LogP contribution >= 0.6 is 23.1 Å². The van der Waals surface area contributed by atoms with Crippen LogP contribution in [0.4, 0.5) is 5.95 Å². The van der Waals surface area contributed by atoms with Crippen LogP contribution in [-0.2, 0) is 17.0 Å². The third kappa shape index (κ3) is 4.25. The molecule has 4 aromatic rings. The molecule has 0 radical (unpaired) electrons. The molecule has 0 atom stereocenters. The summed E-state index contributed by atoms with van der Waals surface area (Å²) in [5.41, 5.74) is 2.17. The van der Waals surface area contributed by atoms with Crippen molar-refractivity contribution < 1.29 is 9.26 Å². The Labute approximate surface area is 181 Å². The first-order chi connectivity index (χ1) is 14.9. The predicted molar refractivity (Wildman–Crippen MR) is 116 cm³/mol. The van der Waals surface area contributed by atoms with E-state index in [9.17, 15) is 0 Å². The van der Waals surface area contributed by atoms with Crippen molar-refractivity contribution in [2.45, 2.75) is 17.5 Å². The minimum atomic E-state index is 0.535. The fourth-order valence-electron chi connectivity index (χ4n) is 3.24. The van der Waals surface area contributed by atoms with E-state index in [2.05, 4.69) is 41.9 Å². The molecule has 1 aliphatic rings. The second kappa shape index (κ2) is 8.99. The maximum Gasteiger partial charge on any atom is 0.237 e. The minimum Gasteiger partial charge on any atom is -0.378 e. The molecule has 10 heteroatoms. The number of benzene rings is 1. The highest BCUT2D eigenvalue weighted by Crippen LogP contribution is 2.27. The summed E-state index contributed by atoms with van der Waals surface area (Å²) in [5.74, 6) is 2.59. The van der Waals surface area contributed by atoms with Crippen molar-refractivity contribution in [3.05, 3.63) is 58.6 Å². The number of hydrogen-bond donors (Lipinski definition) is 0. The summed E-state index contributed by atoms with van der Waals surface area (Å²) in [6.07, 6.45) is 0. The molecule has 0 N–H and O–H groups in total. The molecule has 5 rings (SSSR count). The van der Waals surface area contributed by atoms with Gasteiger partial charge < -0.3 is 14.2 Å². The Hall–Kier alpha value is -2.69. The van der Waals surface area contributed by atoms with Crippen LogP contribution < -0.4 is 4.90 Å². The largest absolute Gasteiger partial charge is 0.378 e. The molecule has 1 saturated heterocycles. The zero-order valence-corrected chi connectivity index (χ0v) is 17.8. The van der Waals surface area contributed by atoms with E-state index in [1.807, 2.05) is 35.0 Å². The lowest BCUT2D eigenvalue weighted by Crippen LogP contribution is -2.38. The van der Waals surface area contributed by atoms with E-state index in [1.54, 1.807) is 23.1 Å². The number of rotatable bonds is 7. The summed E-state index contributed by atoms with van der Waals surface area (Å²) in [5, 5.41) is 17.9. The molecule has 0 aliphatic carbocycles. The Balaban J connectivity index is 1.36. The zero-order chi connectivity index (χ0) is 20.2. The van der Waals surface area contributed by atoms with E-state index in [-0.39, 0.29) is 0 Å². The highest BCUT2D eigenvalue weighted by atomic mass is 32.2. The lowest BCUT2D eigenvalue weighted by atomic mass is 10.2. The summed E-state index contributed by atoms with van der Waals surface area (Å²) >= 11 is 3.16. The topological polar surface area (TPSA) is 82.1 Å². The maximum atomic E-state index is 5.49. The maximum absolute atomic E-state index is 5.49. The summed E-state index contributed by atoms with van der Waals surface area (Å²) in [6.45, 7) is 3.73. The van der Waals surface area contributed by atoms with Crippen LogP contribution in [0.1, 0.15) is 11.5 Å². The zero-order valence-electron chi connectivity index (χ0n) is 16.2. The van der Waals surface area contributed by atoms with Gasteiger partial charge in [0.2, 0.25) is 17.7 Å². The van der Waals surface area contributed by atoms with Gasteiger partial charge in [0.1, 0.15) is 0 Å². The van der Waals surface area contributed by atoms with Crippen molar-refractivity contribution in [2.24, 2.45) is 0 Å². The lowest BCUT2D eigenvalue weighted by molar-refractivity contribution is 0.121. The molecule has 0 bridgehead atoms. The van der Waals surface area contributed by atoms with Crippen molar-refractivity contribution in [2.75, 3.05) is 31.2 Å². The second-order valence-electron chi connectivity index (χ2n) is 6.77. The number of ether oxygens (including phenoxy) is 1. The Morgan fingerprint density at radius 1 is 1.07 bits per heavy atom. The van der Waals surface area contributed by atoms with Crippen molar-refractivity contribution in [1.82, 2.24) is 24.9 Å². The van der Waals surface area contributed by atoms with E-state index in [4.69, 9.17) is 9.26 Å². The lowest BCUT2D eigenvalue weighted by Gasteiger charge is -2.28. The van der Waals surface area contributed by atoms with E-state index in [1.165, 1.54) is 5.56 Å². The average Bonchev–Trinajstić information content (AvgIpc) is 3.55. The predicted octanol–water partition coefficient (Wildman–Crippen LogP) is 3.57. The number of thioether (sulfide) groups is 1. The molecule has 1 aromatic carbocycles. The van der Waals surface area contributed by atoms with E-state index < -0.39 is 0 Å². The van der Waals surface area contributed by atoms with Crippen LogP contribution in [0.2, 0.25) is 0 Å². The molecule has 154 valence electrons. The number of thiophene rings is 1. The molecule has 4 heterocycles. The van der Waals surface area contributed by atoms with Gasteiger partial charge in [0, 0.05) is 24.0 Å². The Morgan fingerprint density at radius 2 is 1.93 bits per heavy atom. The summed E-state index contributed by atoms with van der Waals surface area (Å²) in [4.78, 5) is 6.73. The van der Waals surface area contributed by atoms with Gasteiger partial charge in [-0.05, 0) is 17.0 Å². The third-order valence-corrected chi connectivity index (χ3v) is 6.38. The Kier molecular flexibility index (Phi) is 5.78. The molecular formula is C20H20N6O2S2. The van der Waals surface area contributed by atoms with Gasteiger partial charge in [-0.2, -0.15) is 16.3 Å². The quantitative estimate of drug-likeness (QED) is 0.404. The van der Waals surface area contributed by atoms with Crippen LogP contribution in [0.5, 0.6) is 0 Å². The number of hydrogen-bond acceptors (Lipinski definition) is 9. The fraction of sp³-hybridized carbons (Fsp3) is 0.300. The molecule has 30 heavy (non-hydrogen) atoms. The molecule has 1 fully saturated rings. The molecule has 8 nitrogen and oxygen atoms in total. The smallest absolute Gasteiger partial charge is 0.237 e. The Morgan fingerprint density at radius 3 is 2.73 bits per heavy atom. The first-order valence-electron chi connectivity index (χ1n) is 9.64. The summed E-state index contributed by atoms with van der Waals surface area (Å²) in [6, 6.07) is 12.3. The van der Waals surface area contributed by atoms with E-state index in [0.717, 1.165) is 29.8 Å². The monoisotopic (exact) mass is 440 g/mol. The van der Waals surface area contributed by atoms with Gasteiger partial charge in [0.25, 0.3) is 0 Å². The van der Waals surface area contributed by atoms with Crippen molar-refractivity contribution in [1.29, 1.82) is 0 Å². The van der Waals surface area contributed by atoms with E-state index >= 15 is 0 Å². The van der Waals surface area contributed by atoms with Gasteiger partial charge in [0.15, 0.2) is 5.16 Å². The molecule has 1 aliphatic heterocycles. The van der Waals surface area contributed by atoms with Gasteiger partial charge >= 0.3 is 0 Å². The van der Waals surface area contributed by atoms with Crippen LogP contribution in [0.15, 0.2) is 56.8 Å². The molecule has 0 spiro atoms. The second-order valence-corrected chi connectivity index (χ2v) is 8.49. The minimum absolute atomic E-state index is 0.535. The van der Waals surface area contributed by atoms with Gasteiger partial charge in [-0.15, -0.1) is 10.2 Å². The normalized spacial score (nSPS) is 14.3. The standard InChI is InChI=1S/C20H20N6O2S2/c1-2-4-15(5-3-1)12-26-19(25-7-9-27-10-8-25)22-23-20(26)30-14-17-21-18(24-28-17)16-6-11-29-13-16/h1-6,11,13H,7-10,12,14H2. The first-order valence-corrected chi connectivity index (χ1v) is 11.6. The van der Waals surface area contributed by atoms with Gasteiger partial charge in [-0.1, -0.05) is 47.3 Å². The van der Waals surface area contributed by atoms with Crippen molar-refractivity contribution >= 4 is 29.0 Å². The number of anilines is 1. The van der Waals surface area contributed by atoms with Crippen molar-refractivity contribution in [3.8, 4) is 11.4 Å². The average molecular weight is 441 g/mol.